The first kappa shape index (κ1) is 18.0. The number of piperidine rings is 1. The van der Waals surface area contributed by atoms with Gasteiger partial charge in [-0.25, -0.2) is 0 Å². The van der Waals surface area contributed by atoms with Gasteiger partial charge in [0.15, 0.2) is 0 Å². The molecule has 1 saturated heterocycles. The van der Waals surface area contributed by atoms with Crippen molar-refractivity contribution < 1.29 is 14.3 Å². The minimum absolute atomic E-state index is 0.0386. The zero-order chi connectivity index (χ0) is 18.5. The third kappa shape index (κ3) is 4.23. The number of nitrogens with zero attached hydrogens (tertiary/aromatic N) is 1. The summed E-state index contributed by atoms with van der Waals surface area (Å²) >= 11 is 0. The summed E-state index contributed by atoms with van der Waals surface area (Å²) in [5.41, 5.74) is 1.80. The van der Waals surface area contributed by atoms with Crippen molar-refractivity contribution in [1.29, 1.82) is 0 Å². The maximum absolute atomic E-state index is 12.6. The molecule has 26 heavy (non-hydrogen) atoms. The molecule has 0 aliphatic carbocycles. The first-order valence-corrected chi connectivity index (χ1v) is 8.91. The molecule has 3 rings (SSSR count). The molecule has 2 amide bonds. The van der Waals surface area contributed by atoms with Gasteiger partial charge in [0.05, 0.1) is 7.11 Å². The molecule has 1 N–H and O–H groups in total. The number of hydrogen-bond donors (Lipinski definition) is 1. The number of ether oxygens (including phenoxy) is 1. The van der Waals surface area contributed by atoms with Gasteiger partial charge in [-0.15, -0.1) is 0 Å². The van der Waals surface area contributed by atoms with E-state index in [0.717, 1.165) is 25.9 Å². The van der Waals surface area contributed by atoms with Crippen molar-refractivity contribution in [3.8, 4) is 5.75 Å². The SMILES string of the molecule is COc1cccc(NC(=O)c2ccc(C(=O)N3CCC(C)CC3)cc2)c1. The molecule has 1 heterocycles. The largest absolute Gasteiger partial charge is 0.497 e. The van der Waals surface area contributed by atoms with Crippen molar-refractivity contribution in [3.63, 3.8) is 0 Å². The smallest absolute Gasteiger partial charge is 0.255 e. The lowest BCUT2D eigenvalue weighted by Crippen LogP contribution is -2.37. The van der Waals surface area contributed by atoms with Crippen LogP contribution in [0, 0.1) is 5.92 Å². The van der Waals surface area contributed by atoms with Crippen LogP contribution < -0.4 is 10.1 Å². The van der Waals surface area contributed by atoms with Crippen molar-refractivity contribution in [2.45, 2.75) is 19.8 Å². The van der Waals surface area contributed by atoms with Crippen molar-refractivity contribution in [2.75, 3.05) is 25.5 Å². The second kappa shape index (κ2) is 8.04. The van der Waals surface area contributed by atoms with E-state index in [9.17, 15) is 9.59 Å². The van der Waals surface area contributed by atoms with Gasteiger partial charge in [0.2, 0.25) is 0 Å². The highest BCUT2D eigenvalue weighted by Crippen LogP contribution is 2.20. The van der Waals surface area contributed by atoms with Crippen LogP contribution in [0.25, 0.3) is 0 Å². The average molecular weight is 352 g/mol. The molecule has 0 atom stereocenters. The number of hydrogen-bond acceptors (Lipinski definition) is 3. The monoisotopic (exact) mass is 352 g/mol. The van der Waals surface area contributed by atoms with Gasteiger partial charge in [0.25, 0.3) is 11.8 Å². The van der Waals surface area contributed by atoms with E-state index in [1.54, 1.807) is 43.5 Å². The third-order valence-corrected chi connectivity index (χ3v) is 4.79. The van der Waals surface area contributed by atoms with Gasteiger partial charge < -0.3 is 15.0 Å². The van der Waals surface area contributed by atoms with Crippen LogP contribution in [0.1, 0.15) is 40.5 Å². The van der Waals surface area contributed by atoms with Gasteiger partial charge in [-0.2, -0.15) is 0 Å². The van der Waals surface area contributed by atoms with Gasteiger partial charge in [0, 0.05) is 36.0 Å². The van der Waals surface area contributed by atoms with E-state index in [-0.39, 0.29) is 11.8 Å². The van der Waals surface area contributed by atoms with Crippen LogP contribution in [0.4, 0.5) is 5.69 Å². The Morgan fingerprint density at radius 1 is 1.04 bits per heavy atom. The van der Waals surface area contributed by atoms with Crippen molar-refractivity contribution in [3.05, 3.63) is 59.7 Å². The molecule has 0 spiro atoms. The summed E-state index contributed by atoms with van der Waals surface area (Å²) in [7, 11) is 1.58. The third-order valence-electron chi connectivity index (χ3n) is 4.79. The Hall–Kier alpha value is -2.82. The zero-order valence-electron chi connectivity index (χ0n) is 15.2. The van der Waals surface area contributed by atoms with E-state index in [0.29, 0.717) is 28.5 Å². The molecule has 0 saturated carbocycles. The van der Waals surface area contributed by atoms with Gasteiger partial charge in [0.1, 0.15) is 5.75 Å². The summed E-state index contributed by atoms with van der Waals surface area (Å²) in [5.74, 6) is 1.18. The molecule has 0 aromatic heterocycles. The molecule has 0 unspecified atom stereocenters. The fraction of sp³-hybridized carbons (Fsp3) is 0.333. The summed E-state index contributed by atoms with van der Waals surface area (Å²) in [5, 5.41) is 2.84. The van der Waals surface area contributed by atoms with Crippen molar-refractivity contribution >= 4 is 17.5 Å². The maximum atomic E-state index is 12.6. The fourth-order valence-electron chi connectivity index (χ4n) is 3.06. The number of benzene rings is 2. The van der Waals surface area contributed by atoms with E-state index in [4.69, 9.17) is 4.74 Å². The highest BCUT2D eigenvalue weighted by molar-refractivity contribution is 6.05. The summed E-state index contributed by atoms with van der Waals surface area (Å²) < 4.78 is 5.15. The normalized spacial score (nSPS) is 14.8. The number of nitrogens with one attached hydrogen (secondary N) is 1. The van der Waals surface area contributed by atoms with E-state index < -0.39 is 0 Å². The molecule has 5 nitrogen and oxygen atoms in total. The van der Waals surface area contributed by atoms with Crippen molar-refractivity contribution in [2.24, 2.45) is 5.92 Å². The number of carbonyl (C=O) groups excluding carboxylic acids is 2. The lowest BCUT2D eigenvalue weighted by molar-refractivity contribution is 0.0697. The molecule has 136 valence electrons. The lowest BCUT2D eigenvalue weighted by Gasteiger charge is -2.30. The Labute approximate surface area is 154 Å². The second-order valence-corrected chi connectivity index (χ2v) is 6.74. The van der Waals surface area contributed by atoms with Crippen LogP contribution in [-0.4, -0.2) is 36.9 Å². The van der Waals surface area contributed by atoms with E-state index in [1.807, 2.05) is 17.0 Å². The number of amides is 2. The minimum atomic E-state index is -0.218. The van der Waals surface area contributed by atoms with Gasteiger partial charge >= 0.3 is 0 Å². The molecule has 5 heteroatoms. The van der Waals surface area contributed by atoms with Crippen LogP contribution in [0.2, 0.25) is 0 Å². The van der Waals surface area contributed by atoms with Crippen LogP contribution in [0.5, 0.6) is 5.75 Å². The van der Waals surface area contributed by atoms with Crippen LogP contribution >= 0.6 is 0 Å². The first-order chi connectivity index (χ1) is 12.6. The van der Waals surface area contributed by atoms with Gasteiger partial charge in [-0.05, 0) is 55.2 Å². The van der Waals surface area contributed by atoms with Crippen molar-refractivity contribution in [1.82, 2.24) is 4.90 Å². The Bertz CT molecular complexity index is 778. The number of methoxy groups -OCH3 is 1. The number of likely N-dealkylation sites (tertiary alicyclic amines) is 1. The topological polar surface area (TPSA) is 58.6 Å². The Kier molecular flexibility index (Phi) is 5.56. The summed E-state index contributed by atoms with van der Waals surface area (Å²) in [6.45, 7) is 3.83. The molecule has 0 bridgehead atoms. The van der Waals surface area contributed by atoms with Crippen LogP contribution in [0.15, 0.2) is 48.5 Å². The van der Waals surface area contributed by atoms with E-state index >= 15 is 0 Å². The second-order valence-electron chi connectivity index (χ2n) is 6.74. The predicted molar refractivity (Wildman–Crippen MR) is 102 cm³/mol. The fourth-order valence-corrected chi connectivity index (χ4v) is 3.06. The van der Waals surface area contributed by atoms with Gasteiger partial charge in [-0.1, -0.05) is 13.0 Å². The zero-order valence-corrected chi connectivity index (χ0v) is 15.2. The molecular weight excluding hydrogens is 328 g/mol. The minimum Gasteiger partial charge on any atom is -0.497 e. The Morgan fingerprint density at radius 3 is 2.35 bits per heavy atom. The molecule has 1 aliphatic heterocycles. The number of carbonyl (C=O) groups is 2. The quantitative estimate of drug-likeness (QED) is 0.910. The Morgan fingerprint density at radius 2 is 1.69 bits per heavy atom. The molecule has 1 fully saturated rings. The molecule has 2 aromatic rings. The predicted octanol–water partition coefficient (Wildman–Crippen LogP) is 3.82. The molecular formula is C21H24N2O3. The standard InChI is InChI=1S/C21H24N2O3/c1-15-10-12-23(13-11-15)21(25)17-8-6-16(7-9-17)20(24)22-18-4-3-5-19(14-18)26-2/h3-9,14-15H,10-13H2,1-2H3,(H,22,24). The average Bonchev–Trinajstić information content (AvgIpc) is 2.68. The van der Waals surface area contributed by atoms with Gasteiger partial charge in [-0.3, -0.25) is 9.59 Å². The Balaban J connectivity index is 1.64. The number of anilines is 1. The molecule has 0 radical (unpaired) electrons. The molecule has 2 aromatic carbocycles. The van der Waals surface area contributed by atoms with E-state index in [2.05, 4.69) is 12.2 Å². The van der Waals surface area contributed by atoms with Crippen LogP contribution in [0.3, 0.4) is 0 Å². The molecule has 1 aliphatic rings. The number of rotatable bonds is 4. The highest BCUT2D eigenvalue weighted by atomic mass is 16.5. The highest BCUT2D eigenvalue weighted by Gasteiger charge is 2.21. The summed E-state index contributed by atoms with van der Waals surface area (Å²) in [6.07, 6.45) is 2.10. The van der Waals surface area contributed by atoms with E-state index in [1.165, 1.54) is 0 Å². The maximum Gasteiger partial charge on any atom is 0.255 e. The van der Waals surface area contributed by atoms with Crippen LogP contribution in [-0.2, 0) is 0 Å². The first-order valence-electron chi connectivity index (χ1n) is 8.91. The summed E-state index contributed by atoms with van der Waals surface area (Å²) in [4.78, 5) is 26.8. The lowest BCUT2D eigenvalue weighted by atomic mass is 9.98. The summed E-state index contributed by atoms with van der Waals surface area (Å²) in [6, 6.07) is 14.0.